The number of nitrogens with one attached hydrogen (secondary N) is 2. The van der Waals surface area contributed by atoms with Crippen LogP contribution in [0.25, 0.3) is 38.9 Å². The highest BCUT2D eigenvalue weighted by molar-refractivity contribution is 7.92. The number of hydrogen-bond donors (Lipinski definition) is 3. The van der Waals surface area contributed by atoms with E-state index in [4.69, 9.17) is 5.73 Å². The van der Waals surface area contributed by atoms with Crippen molar-refractivity contribution in [3.8, 4) is 22.4 Å². The highest BCUT2D eigenvalue weighted by atomic mass is 32.2. The molecule has 0 atom stereocenters. The van der Waals surface area contributed by atoms with E-state index in [0.717, 1.165) is 17.9 Å². The minimum absolute atomic E-state index is 0.0367. The summed E-state index contributed by atoms with van der Waals surface area (Å²) in [6.07, 6.45) is 2.81. The second-order valence-corrected chi connectivity index (χ2v) is 11.5. The van der Waals surface area contributed by atoms with Gasteiger partial charge in [-0.05, 0) is 53.9 Å². The summed E-state index contributed by atoms with van der Waals surface area (Å²) in [5.41, 5.74) is 9.29. The third-order valence-corrected chi connectivity index (χ3v) is 7.28. The Hall–Kier alpha value is -5.17. The van der Waals surface area contributed by atoms with E-state index < -0.39 is 21.7 Å². The summed E-state index contributed by atoms with van der Waals surface area (Å²) < 4.78 is 55.1. The molecule has 13 heteroatoms. The molecule has 2 aromatic carbocycles. The van der Waals surface area contributed by atoms with Crippen LogP contribution in [0.4, 0.5) is 20.3 Å². The van der Waals surface area contributed by atoms with Gasteiger partial charge in [-0.1, -0.05) is 30.3 Å². The van der Waals surface area contributed by atoms with Crippen molar-refractivity contribution in [2.75, 3.05) is 16.7 Å². The Morgan fingerprint density at radius 2 is 1.74 bits per heavy atom. The lowest BCUT2D eigenvalue weighted by molar-refractivity contribution is 0.606. The molecule has 0 aliphatic heterocycles. The van der Waals surface area contributed by atoms with Gasteiger partial charge in [-0.25, -0.2) is 27.2 Å². The first-order valence-electron chi connectivity index (χ1n) is 12.7. The van der Waals surface area contributed by atoms with Crippen LogP contribution in [0, 0.1) is 11.6 Å². The normalized spacial score (nSPS) is 11.8. The van der Waals surface area contributed by atoms with Crippen LogP contribution in [0.3, 0.4) is 0 Å². The Labute approximate surface area is 237 Å². The van der Waals surface area contributed by atoms with Crippen LogP contribution in [0.2, 0.25) is 0 Å². The minimum atomic E-state index is -3.63. The number of rotatable bonds is 7. The van der Waals surface area contributed by atoms with Crippen LogP contribution in [-0.4, -0.2) is 39.2 Å². The molecule has 0 amide bonds. The summed E-state index contributed by atoms with van der Waals surface area (Å²) in [5.74, 6) is -0.721. The number of aromatic nitrogens is 5. The number of hydrogen-bond acceptors (Lipinski definition) is 7. The average molecular weight is 588 g/mol. The number of halogens is 2. The van der Waals surface area contributed by atoms with Crippen LogP contribution >= 0.6 is 0 Å². The SMILES string of the molecule is CS(=O)(=O)Nc1cc(F)cc(-c2[nH]nc3nc(CCc4cc5ccc(F)cn5c(=O)c4-c4ccccc4)nc(N)c23)c1. The molecule has 4 heterocycles. The van der Waals surface area contributed by atoms with Crippen molar-refractivity contribution in [3.63, 3.8) is 0 Å². The Balaban J connectivity index is 1.37. The average Bonchev–Trinajstić information content (AvgIpc) is 3.36. The van der Waals surface area contributed by atoms with E-state index in [1.54, 1.807) is 6.07 Å². The summed E-state index contributed by atoms with van der Waals surface area (Å²) in [7, 11) is -3.63. The molecule has 0 saturated carbocycles. The molecule has 4 aromatic heterocycles. The number of nitrogens with two attached hydrogens (primary N) is 1. The van der Waals surface area contributed by atoms with Crippen molar-refractivity contribution in [2.24, 2.45) is 0 Å². The maximum Gasteiger partial charge on any atom is 0.263 e. The van der Waals surface area contributed by atoms with Crippen molar-refractivity contribution in [2.45, 2.75) is 12.8 Å². The van der Waals surface area contributed by atoms with E-state index in [0.29, 0.717) is 52.0 Å². The van der Waals surface area contributed by atoms with Crippen LogP contribution in [-0.2, 0) is 22.9 Å². The molecule has 212 valence electrons. The fourth-order valence-corrected chi connectivity index (χ4v) is 5.52. The maximum atomic E-state index is 14.3. The molecule has 0 aliphatic carbocycles. The largest absolute Gasteiger partial charge is 0.383 e. The number of benzene rings is 2. The summed E-state index contributed by atoms with van der Waals surface area (Å²) in [5, 5.41) is 7.38. The van der Waals surface area contributed by atoms with E-state index in [1.165, 1.54) is 28.8 Å². The van der Waals surface area contributed by atoms with E-state index in [2.05, 4.69) is 24.9 Å². The fraction of sp³-hybridized carbons (Fsp3) is 0.103. The molecule has 0 bridgehead atoms. The smallest absolute Gasteiger partial charge is 0.263 e. The van der Waals surface area contributed by atoms with E-state index in [1.807, 2.05) is 36.4 Å². The monoisotopic (exact) mass is 587 g/mol. The number of nitrogens with zero attached hydrogens (tertiary/aromatic N) is 4. The molecular formula is C29H23F2N7O3S. The summed E-state index contributed by atoms with van der Waals surface area (Å²) >= 11 is 0. The van der Waals surface area contributed by atoms with E-state index >= 15 is 0 Å². The first-order valence-corrected chi connectivity index (χ1v) is 14.6. The molecule has 6 aromatic rings. The van der Waals surface area contributed by atoms with Gasteiger partial charge in [0.25, 0.3) is 5.56 Å². The number of pyridine rings is 2. The van der Waals surface area contributed by atoms with Gasteiger partial charge in [-0.2, -0.15) is 5.10 Å². The molecule has 6 rings (SSSR count). The van der Waals surface area contributed by atoms with Crippen molar-refractivity contribution in [1.82, 2.24) is 24.6 Å². The zero-order valence-electron chi connectivity index (χ0n) is 22.1. The number of aryl methyl sites for hydroxylation is 2. The lowest BCUT2D eigenvalue weighted by Gasteiger charge is -2.12. The number of H-pyrrole nitrogens is 1. The molecule has 4 N–H and O–H groups in total. The van der Waals surface area contributed by atoms with Crippen LogP contribution < -0.4 is 16.0 Å². The topological polar surface area (TPSA) is 148 Å². The number of anilines is 2. The van der Waals surface area contributed by atoms with Gasteiger partial charge in [0.05, 0.1) is 28.6 Å². The number of aromatic amines is 1. The molecule has 10 nitrogen and oxygen atoms in total. The van der Waals surface area contributed by atoms with Gasteiger partial charge < -0.3 is 5.73 Å². The highest BCUT2D eigenvalue weighted by Gasteiger charge is 2.18. The fourth-order valence-electron chi connectivity index (χ4n) is 4.97. The van der Waals surface area contributed by atoms with Crippen molar-refractivity contribution < 1.29 is 17.2 Å². The van der Waals surface area contributed by atoms with Crippen molar-refractivity contribution >= 4 is 38.1 Å². The van der Waals surface area contributed by atoms with Gasteiger partial charge in [0.1, 0.15) is 23.3 Å². The van der Waals surface area contributed by atoms with Crippen molar-refractivity contribution in [1.29, 1.82) is 0 Å². The Bertz CT molecular complexity index is 2160. The minimum Gasteiger partial charge on any atom is -0.383 e. The third kappa shape index (κ3) is 5.29. The Morgan fingerprint density at radius 1 is 0.952 bits per heavy atom. The molecule has 0 spiro atoms. The Kier molecular flexibility index (Phi) is 6.65. The summed E-state index contributed by atoms with van der Waals surface area (Å²) in [4.78, 5) is 22.4. The zero-order valence-corrected chi connectivity index (χ0v) is 22.9. The second-order valence-electron chi connectivity index (χ2n) is 9.78. The summed E-state index contributed by atoms with van der Waals surface area (Å²) in [6, 6.07) is 17.5. The van der Waals surface area contributed by atoms with Gasteiger partial charge in [0, 0.05) is 23.7 Å². The number of sulfonamides is 1. The zero-order chi connectivity index (χ0) is 29.6. The second kappa shape index (κ2) is 10.3. The highest BCUT2D eigenvalue weighted by Crippen LogP contribution is 2.32. The van der Waals surface area contributed by atoms with Gasteiger partial charge in [0.15, 0.2) is 5.65 Å². The van der Waals surface area contributed by atoms with Gasteiger partial charge in [-0.15, -0.1) is 0 Å². The van der Waals surface area contributed by atoms with Crippen LogP contribution in [0.15, 0.2) is 77.7 Å². The standard InChI is InChI=1S/C29H23F2N7O3S/c1-42(40,41)37-21-12-18(11-20(31)14-21)26-25-27(32)33-23(34-28(25)36-35-26)10-7-17-13-22-9-8-19(30)15-38(22)29(39)24(17)16-5-3-2-4-6-16/h2-6,8-9,11-15,37H,7,10H2,1H3,(H3,32,33,34,35,36). The Morgan fingerprint density at radius 3 is 2.50 bits per heavy atom. The summed E-state index contributed by atoms with van der Waals surface area (Å²) in [6.45, 7) is 0. The van der Waals surface area contributed by atoms with Crippen LogP contribution in [0.5, 0.6) is 0 Å². The molecule has 0 aliphatic rings. The lowest BCUT2D eigenvalue weighted by atomic mass is 9.97. The lowest BCUT2D eigenvalue weighted by Crippen LogP contribution is -2.19. The molecule has 0 unspecified atom stereocenters. The third-order valence-electron chi connectivity index (χ3n) is 6.68. The van der Waals surface area contributed by atoms with Gasteiger partial charge in [0.2, 0.25) is 10.0 Å². The first-order chi connectivity index (χ1) is 20.1. The van der Waals surface area contributed by atoms with Gasteiger partial charge in [-0.3, -0.25) is 19.0 Å². The van der Waals surface area contributed by atoms with Crippen molar-refractivity contribution in [3.05, 3.63) is 106 Å². The molecular weight excluding hydrogens is 564 g/mol. The number of fused-ring (bicyclic) bond motifs is 2. The molecule has 42 heavy (non-hydrogen) atoms. The predicted molar refractivity (Wildman–Crippen MR) is 156 cm³/mol. The quantitative estimate of drug-likeness (QED) is 0.252. The molecule has 0 radical (unpaired) electrons. The van der Waals surface area contributed by atoms with E-state index in [-0.39, 0.29) is 22.7 Å². The number of nitrogen functional groups attached to an aromatic ring is 1. The first kappa shape index (κ1) is 27.0. The van der Waals surface area contributed by atoms with Crippen LogP contribution in [0.1, 0.15) is 11.4 Å². The van der Waals surface area contributed by atoms with Gasteiger partial charge >= 0.3 is 0 Å². The maximum absolute atomic E-state index is 14.3. The molecule has 0 fully saturated rings. The molecule has 0 saturated heterocycles. The predicted octanol–water partition coefficient (Wildman–Crippen LogP) is 4.32. The van der Waals surface area contributed by atoms with E-state index in [9.17, 15) is 22.0 Å².